The number of carbonyl (C=O) groups is 1. The summed E-state index contributed by atoms with van der Waals surface area (Å²) in [6.45, 7) is 2.94. The summed E-state index contributed by atoms with van der Waals surface area (Å²) in [5, 5.41) is 22.7. The maximum atomic E-state index is 12.7. The molecule has 1 aliphatic rings. The van der Waals surface area contributed by atoms with Crippen LogP contribution in [0.2, 0.25) is 0 Å². The number of aliphatic hydroxyl groups excluding tert-OH is 1. The third kappa shape index (κ3) is 3.61. The number of nitrogens with zero attached hydrogens (tertiary/aromatic N) is 2. The fourth-order valence-electron chi connectivity index (χ4n) is 2.59. The molecule has 2 rings (SSSR count). The Morgan fingerprint density at radius 1 is 1.46 bits per heavy atom. The zero-order valence-corrected chi connectivity index (χ0v) is 13.5. The van der Waals surface area contributed by atoms with Crippen LogP contribution in [0, 0.1) is 10.1 Å². The van der Waals surface area contributed by atoms with Crippen molar-refractivity contribution in [2.75, 3.05) is 13.2 Å². The van der Waals surface area contributed by atoms with Gasteiger partial charge in [-0.2, -0.15) is 4.31 Å². The highest BCUT2D eigenvalue weighted by molar-refractivity contribution is 7.89. The summed E-state index contributed by atoms with van der Waals surface area (Å²) in [6, 6.07) is 3.39. The van der Waals surface area contributed by atoms with Gasteiger partial charge in [-0.15, -0.1) is 0 Å². The second-order valence-electron chi connectivity index (χ2n) is 5.31. The molecule has 1 amide bonds. The molecule has 130 valence electrons. The fraction of sp³-hybridized carbons (Fsp3) is 0.357. The van der Waals surface area contributed by atoms with Crippen molar-refractivity contribution in [3.05, 3.63) is 47.0 Å². The molecule has 1 heterocycles. The van der Waals surface area contributed by atoms with E-state index in [1.807, 2.05) is 0 Å². The van der Waals surface area contributed by atoms with Crippen LogP contribution in [0.5, 0.6) is 0 Å². The number of aliphatic hydroxyl groups is 1. The van der Waals surface area contributed by atoms with Crippen LogP contribution in [0.3, 0.4) is 0 Å². The largest absolute Gasteiger partial charge is 0.395 e. The van der Waals surface area contributed by atoms with Gasteiger partial charge in [0.1, 0.15) is 0 Å². The van der Waals surface area contributed by atoms with Crippen LogP contribution in [0.25, 0.3) is 0 Å². The van der Waals surface area contributed by atoms with Gasteiger partial charge in [0, 0.05) is 24.7 Å². The monoisotopic (exact) mass is 355 g/mol. The van der Waals surface area contributed by atoms with E-state index < -0.39 is 39.5 Å². The van der Waals surface area contributed by atoms with Crippen molar-refractivity contribution in [1.82, 2.24) is 9.62 Å². The SMILES string of the molecule is C=CC(=O)NC1CC(CO)N(S(=O)(=O)c2ccc([N+](=O)[O-])cc2)C1. The van der Waals surface area contributed by atoms with Crippen LogP contribution < -0.4 is 5.32 Å². The van der Waals surface area contributed by atoms with Gasteiger partial charge in [0.25, 0.3) is 5.69 Å². The first-order valence-electron chi connectivity index (χ1n) is 7.09. The van der Waals surface area contributed by atoms with E-state index in [4.69, 9.17) is 0 Å². The van der Waals surface area contributed by atoms with Gasteiger partial charge in [0.15, 0.2) is 0 Å². The molecule has 9 nitrogen and oxygen atoms in total. The van der Waals surface area contributed by atoms with Crippen LogP contribution in [0.15, 0.2) is 41.8 Å². The molecule has 0 radical (unpaired) electrons. The minimum atomic E-state index is -3.94. The smallest absolute Gasteiger partial charge is 0.269 e. The summed E-state index contributed by atoms with van der Waals surface area (Å²) in [5.74, 6) is -0.425. The van der Waals surface area contributed by atoms with Gasteiger partial charge >= 0.3 is 0 Å². The van der Waals surface area contributed by atoms with Gasteiger partial charge in [0.05, 0.1) is 22.5 Å². The van der Waals surface area contributed by atoms with Gasteiger partial charge in [-0.1, -0.05) is 6.58 Å². The number of nitro groups is 1. The van der Waals surface area contributed by atoms with Gasteiger partial charge in [-0.3, -0.25) is 14.9 Å². The number of benzene rings is 1. The quantitative estimate of drug-likeness (QED) is 0.420. The Labute approximate surface area is 138 Å². The lowest BCUT2D eigenvalue weighted by Crippen LogP contribution is -2.39. The first kappa shape index (κ1) is 18.0. The first-order chi connectivity index (χ1) is 11.3. The standard InChI is InChI=1S/C14H17N3O6S/c1-2-14(19)15-10-7-12(9-18)16(8-10)24(22,23)13-5-3-11(4-6-13)17(20)21/h2-6,10,12,18H,1,7-9H2,(H,15,19). The summed E-state index contributed by atoms with van der Waals surface area (Å²) >= 11 is 0. The van der Waals surface area contributed by atoms with E-state index in [0.29, 0.717) is 0 Å². The number of amides is 1. The minimum Gasteiger partial charge on any atom is -0.395 e. The second-order valence-corrected chi connectivity index (χ2v) is 7.20. The lowest BCUT2D eigenvalue weighted by Gasteiger charge is -2.22. The molecule has 0 aromatic heterocycles. The molecule has 0 spiro atoms. The van der Waals surface area contributed by atoms with E-state index >= 15 is 0 Å². The Hall–Kier alpha value is -2.30. The highest BCUT2D eigenvalue weighted by atomic mass is 32.2. The Bertz CT molecular complexity index is 746. The van der Waals surface area contributed by atoms with E-state index in [2.05, 4.69) is 11.9 Å². The molecule has 2 N–H and O–H groups in total. The third-order valence-electron chi connectivity index (χ3n) is 3.76. The summed E-state index contributed by atoms with van der Waals surface area (Å²) < 4.78 is 26.5. The van der Waals surface area contributed by atoms with Crippen molar-refractivity contribution in [3.8, 4) is 0 Å². The normalized spacial score (nSPS) is 21.4. The number of carbonyl (C=O) groups excluding carboxylic acids is 1. The maximum Gasteiger partial charge on any atom is 0.269 e. The highest BCUT2D eigenvalue weighted by Gasteiger charge is 2.40. The summed E-state index contributed by atoms with van der Waals surface area (Å²) in [5.41, 5.74) is -0.217. The molecular weight excluding hydrogens is 338 g/mol. The Balaban J connectivity index is 2.25. The summed E-state index contributed by atoms with van der Waals surface area (Å²) in [4.78, 5) is 21.3. The van der Waals surface area contributed by atoms with E-state index in [9.17, 15) is 28.4 Å². The van der Waals surface area contributed by atoms with Crippen molar-refractivity contribution in [2.24, 2.45) is 0 Å². The van der Waals surface area contributed by atoms with Gasteiger partial charge in [0.2, 0.25) is 15.9 Å². The topological polar surface area (TPSA) is 130 Å². The molecule has 1 fully saturated rings. The number of hydrogen-bond acceptors (Lipinski definition) is 6. The molecule has 0 saturated carbocycles. The Morgan fingerprint density at radius 3 is 2.58 bits per heavy atom. The molecule has 1 aromatic carbocycles. The number of nitro benzene ring substituents is 1. The number of sulfonamides is 1. The first-order valence-corrected chi connectivity index (χ1v) is 8.53. The third-order valence-corrected chi connectivity index (χ3v) is 5.69. The predicted molar refractivity (Wildman–Crippen MR) is 84.6 cm³/mol. The van der Waals surface area contributed by atoms with Crippen LogP contribution >= 0.6 is 0 Å². The number of non-ortho nitro benzene ring substituents is 1. The zero-order chi connectivity index (χ0) is 17.9. The molecule has 0 aliphatic carbocycles. The Morgan fingerprint density at radius 2 is 2.08 bits per heavy atom. The molecule has 10 heteroatoms. The fourth-order valence-corrected chi connectivity index (χ4v) is 4.26. The van der Waals surface area contributed by atoms with Crippen molar-refractivity contribution >= 4 is 21.6 Å². The van der Waals surface area contributed by atoms with E-state index in [0.717, 1.165) is 34.6 Å². The maximum absolute atomic E-state index is 12.7. The van der Waals surface area contributed by atoms with Gasteiger partial charge in [-0.05, 0) is 24.6 Å². The van der Waals surface area contributed by atoms with Crippen molar-refractivity contribution in [2.45, 2.75) is 23.4 Å². The average Bonchev–Trinajstić information content (AvgIpc) is 2.98. The zero-order valence-electron chi connectivity index (χ0n) is 12.7. The Kier molecular flexibility index (Phi) is 5.32. The van der Waals surface area contributed by atoms with Crippen LogP contribution in [-0.4, -0.2) is 53.9 Å². The van der Waals surface area contributed by atoms with Gasteiger partial charge in [-0.25, -0.2) is 8.42 Å². The molecular formula is C14H17N3O6S. The molecule has 2 unspecified atom stereocenters. The van der Waals surface area contributed by atoms with E-state index in [1.165, 1.54) is 0 Å². The van der Waals surface area contributed by atoms with Crippen molar-refractivity contribution < 1.29 is 23.2 Å². The lowest BCUT2D eigenvalue weighted by atomic mass is 10.2. The molecule has 1 aromatic rings. The number of rotatable bonds is 6. The van der Waals surface area contributed by atoms with Crippen molar-refractivity contribution in [1.29, 1.82) is 0 Å². The lowest BCUT2D eigenvalue weighted by molar-refractivity contribution is -0.384. The molecule has 2 atom stereocenters. The van der Waals surface area contributed by atoms with Crippen LogP contribution in [0.4, 0.5) is 5.69 Å². The van der Waals surface area contributed by atoms with Crippen molar-refractivity contribution in [3.63, 3.8) is 0 Å². The average molecular weight is 355 g/mol. The molecule has 24 heavy (non-hydrogen) atoms. The molecule has 0 bridgehead atoms. The van der Waals surface area contributed by atoms with Gasteiger partial charge < -0.3 is 10.4 Å². The number of nitrogens with one attached hydrogen (secondary N) is 1. The summed E-state index contributed by atoms with van der Waals surface area (Å²) in [7, 11) is -3.94. The van der Waals surface area contributed by atoms with Crippen LogP contribution in [0.1, 0.15) is 6.42 Å². The van der Waals surface area contributed by atoms with E-state index in [-0.39, 0.29) is 23.5 Å². The highest BCUT2D eigenvalue weighted by Crippen LogP contribution is 2.27. The second kappa shape index (κ2) is 7.07. The number of hydrogen-bond donors (Lipinski definition) is 2. The predicted octanol–water partition coefficient (Wildman–Crippen LogP) is 0.0209. The molecule has 1 aliphatic heterocycles. The van der Waals surface area contributed by atoms with E-state index in [1.54, 1.807) is 0 Å². The molecule has 1 saturated heterocycles. The minimum absolute atomic E-state index is 0.00409. The van der Waals surface area contributed by atoms with Crippen LogP contribution in [-0.2, 0) is 14.8 Å². The summed E-state index contributed by atoms with van der Waals surface area (Å²) in [6.07, 6.45) is 1.35.